The molecule has 0 amide bonds. The summed E-state index contributed by atoms with van der Waals surface area (Å²) in [5.74, 6) is 0.907. The van der Waals surface area contributed by atoms with Crippen molar-refractivity contribution in [3.05, 3.63) is 52.1 Å². The second-order valence-corrected chi connectivity index (χ2v) is 4.50. The minimum absolute atomic E-state index is 0.458. The van der Waals surface area contributed by atoms with Crippen molar-refractivity contribution in [3.63, 3.8) is 0 Å². The Hall–Kier alpha value is -1.32. The van der Waals surface area contributed by atoms with Crippen LogP contribution in [0.5, 0.6) is 0 Å². The van der Waals surface area contributed by atoms with Crippen molar-refractivity contribution < 1.29 is 0 Å². The van der Waals surface area contributed by atoms with Gasteiger partial charge < -0.3 is 10.3 Å². The highest BCUT2D eigenvalue weighted by atomic mass is 35.5. The van der Waals surface area contributed by atoms with Gasteiger partial charge in [-0.2, -0.15) is 0 Å². The van der Waals surface area contributed by atoms with Crippen molar-refractivity contribution in [2.45, 2.75) is 19.9 Å². The van der Waals surface area contributed by atoms with Crippen molar-refractivity contribution >= 4 is 11.6 Å². The number of hydrogen-bond acceptors (Lipinski definition) is 2. The second-order valence-electron chi connectivity index (χ2n) is 4.09. The van der Waals surface area contributed by atoms with Gasteiger partial charge in [0.05, 0.1) is 12.2 Å². The van der Waals surface area contributed by atoms with Crippen LogP contribution in [0.15, 0.2) is 24.3 Å². The van der Waals surface area contributed by atoms with Gasteiger partial charge in [-0.15, -0.1) is 0 Å². The number of aromatic nitrogens is 2. The Bertz CT molecular complexity index is 531. The topological polar surface area (TPSA) is 43.8 Å². The number of hydrogen-bond donors (Lipinski definition) is 1. The van der Waals surface area contributed by atoms with Crippen LogP contribution in [0.2, 0.25) is 5.02 Å². The summed E-state index contributed by atoms with van der Waals surface area (Å²) < 4.78 is 2.03. The lowest BCUT2D eigenvalue weighted by molar-refractivity contribution is 0.774. The maximum atomic E-state index is 6.15. The van der Waals surface area contributed by atoms with Crippen molar-refractivity contribution in [3.8, 4) is 0 Å². The molecule has 0 aliphatic heterocycles. The molecule has 0 saturated heterocycles. The van der Waals surface area contributed by atoms with Crippen LogP contribution in [0.1, 0.15) is 22.8 Å². The molecule has 2 aromatic rings. The van der Waals surface area contributed by atoms with E-state index in [1.807, 2.05) is 35.9 Å². The largest absolute Gasteiger partial charge is 0.334 e. The monoisotopic (exact) mass is 249 g/mol. The lowest BCUT2D eigenvalue weighted by atomic mass is 10.1. The fourth-order valence-electron chi connectivity index (χ4n) is 1.87. The molecule has 0 unspecified atom stereocenters. The van der Waals surface area contributed by atoms with Crippen LogP contribution < -0.4 is 5.73 Å². The first-order valence-corrected chi connectivity index (χ1v) is 5.95. The van der Waals surface area contributed by atoms with E-state index >= 15 is 0 Å². The minimum atomic E-state index is 0.458. The van der Waals surface area contributed by atoms with E-state index < -0.39 is 0 Å². The average Bonchev–Trinajstić information content (AvgIpc) is 2.60. The van der Waals surface area contributed by atoms with Crippen molar-refractivity contribution in [1.82, 2.24) is 9.55 Å². The third-order valence-electron chi connectivity index (χ3n) is 3.07. The van der Waals surface area contributed by atoms with E-state index in [4.69, 9.17) is 17.3 Å². The zero-order chi connectivity index (χ0) is 12.4. The fourth-order valence-corrected chi connectivity index (χ4v) is 2.07. The third-order valence-corrected chi connectivity index (χ3v) is 3.44. The second kappa shape index (κ2) is 4.90. The first-order valence-electron chi connectivity index (χ1n) is 5.58. The summed E-state index contributed by atoms with van der Waals surface area (Å²) in [7, 11) is 1.99. The van der Waals surface area contributed by atoms with E-state index in [2.05, 4.69) is 11.9 Å². The van der Waals surface area contributed by atoms with Crippen LogP contribution in [0.25, 0.3) is 0 Å². The molecule has 2 rings (SSSR count). The van der Waals surface area contributed by atoms with E-state index in [0.29, 0.717) is 6.54 Å². The first kappa shape index (κ1) is 12.1. The van der Waals surface area contributed by atoms with Crippen LogP contribution >= 0.6 is 11.6 Å². The summed E-state index contributed by atoms with van der Waals surface area (Å²) in [6.07, 6.45) is 0.749. The van der Waals surface area contributed by atoms with Gasteiger partial charge in [-0.05, 0) is 18.6 Å². The minimum Gasteiger partial charge on any atom is -0.334 e. The predicted octanol–water partition coefficient (Wildman–Crippen LogP) is 2.43. The van der Waals surface area contributed by atoms with Gasteiger partial charge in [-0.1, -0.05) is 29.8 Å². The normalized spacial score (nSPS) is 10.8. The molecular formula is C13H16ClN3. The summed E-state index contributed by atoms with van der Waals surface area (Å²) in [4.78, 5) is 4.54. The molecule has 0 aliphatic rings. The van der Waals surface area contributed by atoms with Gasteiger partial charge in [-0.3, -0.25) is 0 Å². The zero-order valence-corrected chi connectivity index (χ0v) is 10.8. The highest BCUT2D eigenvalue weighted by Crippen LogP contribution is 2.20. The summed E-state index contributed by atoms with van der Waals surface area (Å²) in [5.41, 5.74) is 8.93. The van der Waals surface area contributed by atoms with Crippen molar-refractivity contribution in [2.24, 2.45) is 12.8 Å². The average molecular weight is 250 g/mol. The molecule has 1 heterocycles. The lowest BCUT2D eigenvalue weighted by Crippen LogP contribution is -2.05. The quantitative estimate of drug-likeness (QED) is 0.908. The Balaban J connectivity index is 2.34. The number of imidazole rings is 1. The SMILES string of the molecule is Cc1c(Cc2ccccc2Cl)nc(CN)n1C. The molecule has 17 heavy (non-hydrogen) atoms. The van der Waals surface area contributed by atoms with Crippen LogP contribution in [-0.2, 0) is 20.0 Å². The van der Waals surface area contributed by atoms with E-state index in [1.54, 1.807) is 0 Å². The molecule has 0 fully saturated rings. The molecule has 1 aromatic carbocycles. The molecule has 4 heteroatoms. The molecule has 3 nitrogen and oxygen atoms in total. The smallest absolute Gasteiger partial charge is 0.122 e. The fraction of sp³-hybridized carbons (Fsp3) is 0.308. The first-order chi connectivity index (χ1) is 8.13. The van der Waals surface area contributed by atoms with Crippen LogP contribution in [0.4, 0.5) is 0 Å². The van der Waals surface area contributed by atoms with E-state index in [0.717, 1.165) is 34.2 Å². The number of halogens is 1. The van der Waals surface area contributed by atoms with Gasteiger partial charge in [0.25, 0.3) is 0 Å². The Morgan fingerprint density at radius 1 is 1.35 bits per heavy atom. The standard InChI is InChI=1S/C13H16ClN3/c1-9-12(16-13(8-15)17(9)2)7-10-5-3-4-6-11(10)14/h3-6H,7-8,15H2,1-2H3. The Morgan fingerprint density at radius 3 is 2.65 bits per heavy atom. The Labute approximate surface area is 106 Å². The van der Waals surface area contributed by atoms with Crippen molar-refractivity contribution in [1.29, 1.82) is 0 Å². The molecule has 0 spiro atoms. The van der Waals surface area contributed by atoms with E-state index in [9.17, 15) is 0 Å². The van der Waals surface area contributed by atoms with Crippen molar-refractivity contribution in [2.75, 3.05) is 0 Å². The molecule has 90 valence electrons. The molecule has 0 saturated carbocycles. The number of nitrogens with two attached hydrogens (primary N) is 1. The molecular weight excluding hydrogens is 234 g/mol. The van der Waals surface area contributed by atoms with Gasteiger partial charge in [0, 0.05) is 24.2 Å². The van der Waals surface area contributed by atoms with Gasteiger partial charge in [-0.25, -0.2) is 4.98 Å². The number of rotatable bonds is 3. The van der Waals surface area contributed by atoms with Gasteiger partial charge >= 0.3 is 0 Å². The van der Waals surface area contributed by atoms with Gasteiger partial charge in [0.2, 0.25) is 0 Å². The summed E-state index contributed by atoms with van der Waals surface area (Å²) in [6.45, 7) is 2.51. The lowest BCUT2D eigenvalue weighted by Gasteiger charge is -2.03. The van der Waals surface area contributed by atoms with E-state index in [1.165, 1.54) is 0 Å². The maximum absolute atomic E-state index is 6.15. The summed E-state index contributed by atoms with van der Waals surface area (Å²) in [5, 5.41) is 0.784. The van der Waals surface area contributed by atoms with Crippen LogP contribution in [0, 0.1) is 6.92 Å². The molecule has 0 radical (unpaired) electrons. The summed E-state index contributed by atoms with van der Waals surface area (Å²) in [6, 6.07) is 7.85. The Kier molecular flexibility index (Phi) is 3.50. The van der Waals surface area contributed by atoms with Crippen LogP contribution in [0.3, 0.4) is 0 Å². The number of benzene rings is 1. The van der Waals surface area contributed by atoms with Gasteiger partial charge in [0.1, 0.15) is 5.82 Å². The highest BCUT2D eigenvalue weighted by molar-refractivity contribution is 6.31. The molecule has 0 bridgehead atoms. The molecule has 2 N–H and O–H groups in total. The van der Waals surface area contributed by atoms with Gasteiger partial charge in [0.15, 0.2) is 0 Å². The molecule has 0 aliphatic carbocycles. The molecule has 1 aromatic heterocycles. The molecule has 0 atom stereocenters. The van der Waals surface area contributed by atoms with Crippen LogP contribution in [-0.4, -0.2) is 9.55 Å². The van der Waals surface area contributed by atoms with E-state index in [-0.39, 0.29) is 0 Å². The maximum Gasteiger partial charge on any atom is 0.122 e. The Morgan fingerprint density at radius 2 is 2.06 bits per heavy atom. The number of nitrogens with zero attached hydrogens (tertiary/aromatic N) is 2. The predicted molar refractivity (Wildman–Crippen MR) is 70.1 cm³/mol. The highest BCUT2D eigenvalue weighted by Gasteiger charge is 2.11. The third kappa shape index (κ3) is 2.35. The summed E-state index contributed by atoms with van der Waals surface area (Å²) >= 11 is 6.15. The zero-order valence-electron chi connectivity index (χ0n) is 10.1.